The third-order valence-corrected chi connectivity index (χ3v) is 4.99. The molecule has 0 spiro atoms. The number of halogens is 1. The Morgan fingerprint density at radius 3 is 2.20 bits per heavy atom. The van der Waals surface area contributed by atoms with Gasteiger partial charge in [-0.1, -0.05) is 31.4 Å². The molecule has 0 bridgehead atoms. The zero-order chi connectivity index (χ0) is 21.3. The molecule has 1 aliphatic rings. The predicted octanol–water partition coefficient (Wildman–Crippen LogP) is 3.82. The molecule has 156 valence electrons. The van der Waals surface area contributed by atoms with Crippen molar-refractivity contribution in [2.45, 2.75) is 32.1 Å². The molecule has 2 aromatic rings. The van der Waals surface area contributed by atoms with E-state index in [2.05, 4.69) is 16.2 Å². The fourth-order valence-electron chi connectivity index (χ4n) is 3.29. The van der Waals surface area contributed by atoms with Gasteiger partial charge in [-0.3, -0.25) is 25.2 Å². The maximum Gasteiger partial charge on any atom is 0.269 e. The lowest BCUT2D eigenvalue weighted by atomic mass is 9.88. The highest BCUT2D eigenvalue weighted by Crippen LogP contribution is 2.25. The van der Waals surface area contributed by atoms with Crippen molar-refractivity contribution in [3.63, 3.8) is 0 Å². The first-order valence-electron chi connectivity index (χ1n) is 9.96. The van der Waals surface area contributed by atoms with Crippen LogP contribution in [0.4, 0.5) is 10.1 Å². The average Bonchev–Trinajstić information content (AvgIpc) is 2.78. The Labute approximate surface area is 174 Å². The van der Waals surface area contributed by atoms with E-state index in [0.29, 0.717) is 16.8 Å². The summed E-state index contributed by atoms with van der Waals surface area (Å²) in [7, 11) is 0. The number of rotatable bonds is 5. The third kappa shape index (κ3) is 6.27. The largest absolute Gasteiger partial charge is 0.326 e. The van der Waals surface area contributed by atoms with Gasteiger partial charge in [0.05, 0.1) is 0 Å². The van der Waals surface area contributed by atoms with Crippen LogP contribution in [0.3, 0.4) is 0 Å². The van der Waals surface area contributed by atoms with Crippen LogP contribution < -0.4 is 16.2 Å². The van der Waals surface area contributed by atoms with E-state index in [0.717, 1.165) is 25.7 Å². The Bertz CT molecular complexity index is 918. The van der Waals surface area contributed by atoms with Gasteiger partial charge in [0.1, 0.15) is 5.82 Å². The van der Waals surface area contributed by atoms with Crippen LogP contribution in [0.2, 0.25) is 0 Å². The van der Waals surface area contributed by atoms with E-state index in [4.69, 9.17) is 0 Å². The quantitative estimate of drug-likeness (QED) is 0.518. The van der Waals surface area contributed by atoms with Gasteiger partial charge in [-0.05, 0) is 60.9 Å². The number of nitrogens with one attached hydrogen (secondary N) is 3. The van der Waals surface area contributed by atoms with Gasteiger partial charge in [-0.25, -0.2) is 4.39 Å². The summed E-state index contributed by atoms with van der Waals surface area (Å²) in [5.74, 6) is -1.29. The second-order valence-corrected chi connectivity index (χ2v) is 7.23. The lowest BCUT2D eigenvalue weighted by Gasteiger charge is -2.20. The minimum atomic E-state index is -0.524. The molecule has 30 heavy (non-hydrogen) atoms. The first-order chi connectivity index (χ1) is 14.5. The van der Waals surface area contributed by atoms with Gasteiger partial charge >= 0.3 is 0 Å². The lowest BCUT2D eigenvalue weighted by molar-refractivity contribution is -0.120. The van der Waals surface area contributed by atoms with Crippen LogP contribution in [0.15, 0.2) is 54.6 Å². The van der Waals surface area contributed by atoms with Gasteiger partial charge in [-0.15, -0.1) is 0 Å². The monoisotopic (exact) mass is 409 g/mol. The molecule has 1 fully saturated rings. The van der Waals surface area contributed by atoms with E-state index < -0.39 is 11.8 Å². The van der Waals surface area contributed by atoms with Crippen LogP contribution in [0.5, 0.6) is 0 Å². The Kier molecular flexibility index (Phi) is 7.32. The zero-order valence-corrected chi connectivity index (χ0v) is 16.5. The van der Waals surface area contributed by atoms with Crippen LogP contribution in [0.25, 0.3) is 6.08 Å². The maximum absolute atomic E-state index is 12.9. The average molecular weight is 409 g/mol. The summed E-state index contributed by atoms with van der Waals surface area (Å²) in [6, 6.07) is 12.1. The Hall–Kier alpha value is -3.48. The molecule has 1 aliphatic carbocycles. The molecule has 1 saturated carbocycles. The Morgan fingerprint density at radius 1 is 0.867 bits per heavy atom. The van der Waals surface area contributed by atoms with Gasteiger partial charge in [0.2, 0.25) is 5.91 Å². The fraction of sp³-hybridized carbons (Fsp3) is 0.261. The van der Waals surface area contributed by atoms with E-state index in [1.807, 2.05) is 0 Å². The van der Waals surface area contributed by atoms with Gasteiger partial charge in [0.15, 0.2) is 0 Å². The highest BCUT2D eigenvalue weighted by molar-refractivity contribution is 5.98. The molecule has 0 aliphatic heterocycles. The van der Waals surface area contributed by atoms with E-state index in [9.17, 15) is 18.8 Å². The van der Waals surface area contributed by atoms with E-state index >= 15 is 0 Å². The minimum Gasteiger partial charge on any atom is -0.326 e. The Balaban J connectivity index is 1.46. The number of carbonyl (C=O) groups is 3. The van der Waals surface area contributed by atoms with E-state index in [1.54, 1.807) is 24.3 Å². The molecule has 3 N–H and O–H groups in total. The van der Waals surface area contributed by atoms with Gasteiger partial charge < -0.3 is 5.32 Å². The topological polar surface area (TPSA) is 87.3 Å². The molecule has 6 nitrogen and oxygen atoms in total. The smallest absolute Gasteiger partial charge is 0.269 e. The fourth-order valence-corrected chi connectivity index (χ4v) is 3.29. The molecule has 0 radical (unpaired) electrons. The number of hydrogen-bond donors (Lipinski definition) is 3. The summed E-state index contributed by atoms with van der Waals surface area (Å²) in [5, 5.41) is 2.89. The molecule has 0 heterocycles. The normalized spacial score (nSPS) is 14.3. The van der Waals surface area contributed by atoms with Crippen LogP contribution in [-0.2, 0) is 9.59 Å². The van der Waals surface area contributed by atoms with Gasteiger partial charge in [0.25, 0.3) is 11.8 Å². The van der Waals surface area contributed by atoms with Crippen LogP contribution in [0.1, 0.15) is 48.0 Å². The Morgan fingerprint density at radius 2 is 1.53 bits per heavy atom. The summed E-state index contributed by atoms with van der Waals surface area (Å²) < 4.78 is 12.9. The molecule has 0 saturated heterocycles. The van der Waals surface area contributed by atoms with Crippen LogP contribution in [-0.4, -0.2) is 17.7 Å². The van der Waals surface area contributed by atoms with Crippen molar-refractivity contribution in [3.8, 4) is 0 Å². The van der Waals surface area contributed by atoms with Crippen molar-refractivity contribution in [2.75, 3.05) is 5.32 Å². The van der Waals surface area contributed by atoms with Crippen molar-refractivity contribution in [1.82, 2.24) is 10.9 Å². The summed E-state index contributed by atoms with van der Waals surface area (Å²) in [6.45, 7) is 0. The zero-order valence-electron chi connectivity index (χ0n) is 16.5. The highest BCUT2D eigenvalue weighted by Gasteiger charge is 2.21. The molecule has 7 heteroatoms. The number of carbonyl (C=O) groups excluding carboxylic acids is 3. The first-order valence-corrected chi connectivity index (χ1v) is 9.96. The van der Waals surface area contributed by atoms with Crippen LogP contribution >= 0.6 is 0 Å². The summed E-state index contributed by atoms with van der Waals surface area (Å²) in [6.07, 6.45) is 7.93. The molecule has 0 aromatic heterocycles. The third-order valence-electron chi connectivity index (χ3n) is 4.99. The standard InChI is InChI=1S/C23H24FN3O3/c24-19-11-6-16(7-12-19)8-15-21(28)26-27-23(30)18-9-13-20(14-10-18)25-22(29)17-4-2-1-3-5-17/h6-15,17H,1-5H2,(H,25,29)(H,26,28)(H,27,30)/b15-8+. The van der Waals surface area contributed by atoms with Crippen molar-refractivity contribution in [1.29, 1.82) is 0 Å². The molecular weight excluding hydrogens is 385 g/mol. The van der Waals surface area contributed by atoms with Crippen molar-refractivity contribution < 1.29 is 18.8 Å². The summed E-state index contributed by atoms with van der Waals surface area (Å²) >= 11 is 0. The summed E-state index contributed by atoms with van der Waals surface area (Å²) in [5.41, 5.74) is 6.23. The van der Waals surface area contributed by atoms with E-state index in [1.165, 1.54) is 42.8 Å². The van der Waals surface area contributed by atoms with Crippen molar-refractivity contribution in [2.24, 2.45) is 5.92 Å². The van der Waals surface area contributed by atoms with Crippen molar-refractivity contribution >= 4 is 29.5 Å². The number of anilines is 1. The van der Waals surface area contributed by atoms with E-state index in [-0.39, 0.29) is 17.6 Å². The van der Waals surface area contributed by atoms with Crippen molar-refractivity contribution in [3.05, 3.63) is 71.6 Å². The molecule has 0 atom stereocenters. The number of hydrogen-bond acceptors (Lipinski definition) is 3. The number of amides is 3. The maximum atomic E-state index is 12.9. The predicted molar refractivity (Wildman–Crippen MR) is 113 cm³/mol. The molecule has 3 rings (SSSR count). The number of hydrazine groups is 1. The summed E-state index contributed by atoms with van der Waals surface area (Å²) in [4.78, 5) is 36.3. The van der Waals surface area contributed by atoms with Gasteiger partial charge in [-0.2, -0.15) is 0 Å². The molecular formula is C23H24FN3O3. The molecule has 3 amide bonds. The SMILES string of the molecule is O=C(/C=C/c1ccc(F)cc1)NNC(=O)c1ccc(NC(=O)C2CCCCC2)cc1. The first kappa shape index (κ1) is 21.2. The minimum absolute atomic E-state index is 0.0205. The number of benzene rings is 2. The second-order valence-electron chi connectivity index (χ2n) is 7.23. The second kappa shape index (κ2) is 10.3. The molecule has 0 unspecified atom stereocenters. The highest BCUT2D eigenvalue weighted by atomic mass is 19.1. The van der Waals surface area contributed by atoms with Gasteiger partial charge in [0, 0.05) is 23.2 Å². The van der Waals surface area contributed by atoms with Crippen LogP contribution in [0, 0.1) is 11.7 Å². The molecule has 2 aromatic carbocycles. The lowest BCUT2D eigenvalue weighted by Crippen LogP contribution is -2.40.